The van der Waals surface area contributed by atoms with E-state index in [1.54, 1.807) is 18.2 Å². The Hall–Kier alpha value is -2.00. The Kier molecular flexibility index (Phi) is 3.76. The topological polar surface area (TPSA) is 55.1 Å². The zero-order valence-corrected chi connectivity index (χ0v) is 11.6. The molecule has 0 aliphatic rings. The van der Waals surface area contributed by atoms with Gasteiger partial charge in [-0.25, -0.2) is 0 Å². The van der Waals surface area contributed by atoms with E-state index >= 15 is 0 Å². The van der Waals surface area contributed by atoms with Gasteiger partial charge in [0.1, 0.15) is 0 Å². The molecule has 0 radical (unpaired) electrons. The summed E-state index contributed by atoms with van der Waals surface area (Å²) in [6.45, 7) is 4.05. The van der Waals surface area contributed by atoms with Crippen molar-refractivity contribution in [1.29, 1.82) is 0 Å². The summed E-state index contributed by atoms with van der Waals surface area (Å²) in [5, 5.41) is 3.69. The molecule has 3 N–H and O–H groups in total. The van der Waals surface area contributed by atoms with Crippen LogP contribution in [-0.2, 0) is 0 Å². The number of carbonyl (C=O) groups excluding carboxylic acids is 1. The van der Waals surface area contributed by atoms with Gasteiger partial charge >= 0.3 is 0 Å². The van der Waals surface area contributed by atoms with Crippen LogP contribution in [0.2, 0.25) is 5.02 Å². The molecule has 19 heavy (non-hydrogen) atoms. The number of halogens is 1. The number of primary amides is 1. The van der Waals surface area contributed by atoms with Crippen molar-refractivity contribution in [2.75, 3.05) is 5.32 Å². The highest BCUT2D eigenvalue weighted by Gasteiger charge is 2.09. The molecule has 2 aromatic carbocycles. The van der Waals surface area contributed by atoms with E-state index in [1.807, 2.05) is 26.0 Å². The number of aryl methyl sites for hydroxylation is 2. The van der Waals surface area contributed by atoms with Gasteiger partial charge in [-0.1, -0.05) is 17.7 Å². The lowest BCUT2D eigenvalue weighted by Crippen LogP contribution is -2.13. The van der Waals surface area contributed by atoms with E-state index in [0.29, 0.717) is 16.3 Å². The monoisotopic (exact) mass is 274 g/mol. The number of carbonyl (C=O) groups is 1. The first kappa shape index (κ1) is 13.4. The minimum absolute atomic E-state index is 0.381. The molecule has 3 nitrogen and oxygen atoms in total. The molecule has 2 rings (SSSR count). The van der Waals surface area contributed by atoms with Crippen molar-refractivity contribution in [3.63, 3.8) is 0 Å². The van der Waals surface area contributed by atoms with E-state index < -0.39 is 5.91 Å². The van der Waals surface area contributed by atoms with E-state index in [2.05, 4.69) is 11.4 Å². The van der Waals surface area contributed by atoms with Gasteiger partial charge in [0.05, 0.1) is 11.3 Å². The Morgan fingerprint density at radius 2 is 1.74 bits per heavy atom. The lowest BCUT2D eigenvalue weighted by molar-refractivity contribution is 0.100. The van der Waals surface area contributed by atoms with Crippen LogP contribution in [0.1, 0.15) is 21.5 Å². The molecule has 0 aliphatic heterocycles. The average Bonchev–Trinajstić information content (AvgIpc) is 2.30. The second kappa shape index (κ2) is 5.33. The molecule has 0 aliphatic carbocycles. The number of anilines is 2. The van der Waals surface area contributed by atoms with Gasteiger partial charge in [0.15, 0.2) is 0 Å². The van der Waals surface area contributed by atoms with Crippen molar-refractivity contribution in [1.82, 2.24) is 0 Å². The average molecular weight is 275 g/mol. The highest BCUT2D eigenvalue weighted by Crippen LogP contribution is 2.25. The fraction of sp³-hybridized carbons (Fsp3) is 0.133. The van der Waals surface area contributed by atoms with Gasteiger partial charge in [-0.2, -0.15) is 0 Å². The lowest BCUT2D eigenvalue weighted by atomic mass is 10.1. The zero-order valence-electron chi connectivity index (χ0n) is 10.8. The Labute approximate surface area is 117 Å². The predicted octanol–water partition coefficient (Wildman–Crippen LogP) is 3.80. The van der Waals surface area contributed by atoms with Crippen LogP contribution in [0.15, 0.2) is 36.4 Å². The van der Waals surface area contributed by atoms with Crippen LogP contribution in [0.4, 0.5) is 11.4 Å². The van der Waals surface area contributed by atoms with Gasteiger partial charge < -0.3 is 11.1 Å². The Bertz CT molecular complexity index is 618. The van der Waals surface area contributed by atoms with E-state index in [0.717, 1.165) is 16.8 Å². The van der Waals surface area contributed by atoms with E-state index in [4.69, 9.17) is 17.3 Å². The van der Waals surface area contributed by atoms with E-state index in [1.165, 1.54) is 0 Å². The Morgan fingerprint density at radius 3 is 2.32 bits per heavy atom. The molecule has 0 spiro atoms. The third kappa shape index (κ3) is 3.26. The molecule has 0 unspecified atom stereocenters. The van der Waals surface area contributed by atoms with Crippen LogP contribution in [0, 0.1) is 13.8 Å². The summed E-state index contributed by atoms with van der Waals surface area (Å²) in [5.74, 6) is -0.505. The quantitative estimate of drug-likeness (QED) is 0.894. The first-order valence-corrected chi connectivity index (χ1v) is 6.28. The second-order valence-corrected chi connectivity index (χ2v) is 4.99. The maximum absolute atomic E-state index is 11.4. The van der Waals surface area contributed by atoms with Crippen molar-refractivity contribution in [3.05, 3.63) is 58.1 Å². The van der Waals surface area contributed by atoms with Gasteiger partial charge in [0.25, 0.3) is 5.91 Å². The van der Waals surface area contributed by atoms with Gasteiger partial charge in [0.2, 0.25) is 0 Å². The Balaban J connectivity index is 2.40. The molecule has 0 heterocycles. The summed E-state index contributed by atoms with van der Waals surface area (Å²) in [4.78, 5) is 11.4. The highest BCUT2D eigenvalue weighted by molar-refractivity contribution is 6.31. The number of rotatable bonds is 3. The summed E-state index contributed by atoms with van der Waals surface area (Å²) in [6.07, 6.45) is 0. The van der Waals surface area contributed by atoms with Crippen molar-refractivity contribution in [2.24, 2.45) is 5.73 Å². The van der Waals surface area contributed by atoms with Crippen LogP contribution >= 0.6 is 11.6 Å². The normalized spacial score (nSPS) is 10.3. The summed E-state index contributed by atoms with van der Waals surface area (Å²) in [7, 11) is 0. The standard InChI is InChI=1S/C15H15ClN2O/c1-9-5-10(2)7-12(6-9)18-14-4-3-11(16)8-13(14)15(17)19/h3-8,18H,1-2H3,(H2,17,19). The third-order valence-corrected chi connectivity index (χ3v) is 2.98. The Morgan fingerprint density at radius 1 is 1.11 bits per heavy atom. The maximum atomic E-state index is 11.4. The third-order valence-electron chi connectivity index (χ3n) is 2.75. The molecule has 1 amide bonds. The zero-order chi connectivity index (χ0) is 14.0. The number of hydrogen-bond donors (Lipinski definition) is 2. The molecule has 0 aromatic heterocycles. The molecule has 98 valence electrons. The molecular formula is C15H15ClN2O. The summed E-state index contributed by atoms with van der Waals surface area (Å²) >= 11 is 5.88. The molecule has 4 heteroatoms. The van der Waals surface area contributed by atoms with Crippen molar-refractivity contribution < 1.29 is 4.79 Å². The van der Waals surface area contributed by atoms with Gasteiger partial charge in [0, 0.05) is 10.7 Å². The first-order valence-electron chi connectivity index (χ1n) is 5.90. The molecule has 0 fully saturated rings. The van der Waals surface area contributed by atoms with Gasteiger partial charge in [-0.3, -0.25) is 4.79 Å². The summed E-state index contributed by atoms with van der Waals surface area (Å²) < 4.78 is 0. The van der Waals surface area contributed by atoms with Crippen molar-refractivity contribution in [2.45, 2.75) is 13.8 Å². The van der Waals surface area contributed by atoms with Gasteiger partial charge in [-0.15, -0.1) is 0 Å². The number of hydrogen-bond acceptors (Lipinski definition) is 2. The molecule has 0 atom stereocenters. The summed E-state index contributed by atoms with van der Waals surface area (Å²) in [6, 6.07) is 11.1. The van der Waals surface area contributed by atoms with Crippen LogP contribution in [0.25, 0.3) is 0 Å². The van der Waals surface area contributed by atoms with Crippen LogP contribution in [0.5, 0.6) is 0 Å². The van der Waals surface area contributed by atoms with E-state index in [9.17, 15) is 4.79 Å². The maximum Gasteiger partial charge on any atom is 0.250 e. The minimum atomic E-state index is -0.505. The molecule has 0 saturated heterocycles. The van der Waals surface area contributed by atoms with E-state index in [-0.39, 0.29) is 0 Å². The SMILES string of the molecule is Cc1cc(C)cc(Nc2ccc(Cl)cc2C(N)=O)c1. The molecular weight excluding hydrogens is 260 g/mol. The van der Waals surface area contributed by atoms with Crippen molar-refractivity contribution in [3.8, 4) is 0 Å². The van der Waals surface area contributed by atoms with Gasteiger partial charge in [-0.05, 0) is 55.3 Å². The second-order valence-electron chi connectivity index (χ2n) is 4.56. The summed E-state index contributed by atoms with van der Waals surface area (Å²) in [5.41, 5.74) is 9.61. The van der Waals surface area contributed by atoms with Crippen LogP contribution in [-0.4, -0.2) is 5.91 Å². The molecule has 2 aromatic rings. The smallest absolute Gasteiger partial charge is 0.250 e. The first-order chi connectivity index (χ1) is 8.95. The lowest BCUT2D eigenvalue weighted by Gasteiger charge is -2.12. The number of nitrogens with one attached hydrogen (secondary N) is 1. The fourth-order valence-corrected chi connectivity index (χ4v) is 2.20. The number of nitrogens with two attached hydrogens (primary N) is 1. The fourth-order valence-electron chi connectivity index (χ4n) is 2.03. The predicted molar refractivity (Wildman–Crippen MR) is 79.2 cm³/mol. The highest BCUT2D eigenvalue weighted by atomic mass is 35.5. The molecule has 0 saturated carbocycles. The van der Waals surface area contributed by atoms with Crippen LogP contribution < -0.4 is 11.1 Å². The van der Waals surface area contributed by atoms with Crippen molar-refractivity contribution >= 4 is 28.9 Å². The minimum Gasteiger partial charge on any atom is -0.366 e. The number of benzene rings is 2. The molecule has 0 bridgehead atoms. The largest absolute Gasteiger partial charge is 0.366 e. The number of amides is 1. The van der Waals surface area contributed by atoms with Crippen LogP contribution in [0.3, 0.4) is 0 Å².